The minimum atomic E-state index is -2.54. The molecule has 1 saturated carbocycles. The van der Waals surface area contributed by atoms with Gasteiger partial charge in [-0.25, -0.2) is 18.7 Å². The number of aryl methyl sites for hydroxylation is 1. The second-order valence-electron chi connectivity index (χ2n) is 7.48. The Morgan fingerprint density at radius 1 is 1.37 bits per heavy atom. The maximum absolute atomic E-state index is 13.4. The molecule has 27 heavy (non-hydrogen) atoms. The van der Waals surface area contributed by atoms with Crippen molar-refractivity contribution in [1.29, 1.82) is 0 Å². The number of carbonyl (C=O) groups excluding carboxylic acids is 1. The predicted octanol–water partition coefficient (Wildman–Crippen LogP) is 3.17. The number of imidazole rings is 1. The summed E-state index contributed by atoms with van der Waals surface area (Å²) in [6.45, 7) is 0.356. The largest absolute Gasteiger partial charge is 0.347 e. The van der Waals surface area contributed by atoms with Gasteiger partial charge in [0.25, 0.3) is 11.8 Å². The van der Waals surface area contributed by atoms with Gasteiger partial charge in [0.15, 0.2) is 5.01 Å². The molecule has 1 saturated heterocycles. The Balaban J connectivity index is 0.00000225. The number of nitrogens with zero attached hydrogens (tertiary/aromatic N) is 4. The zero-order valence-corrected chi connectivity index (χ0v) is 16.0. The third-order valence-corrected chi connectivity index (χ3v) is 6.37. The molecule has 4 rings (SSSR count). The number of halogens is 2. The van der Waals surface area contributed by atoms with Crippen LogP contribution in [0.3, 0.4) is 0 Å². The van der Waals surface area contributed by atoms with Gasteiger partial charge in [-0.1, -0.05) is 0 Å². The van der Waals surface area contributed by atoms with E-state index < -0.39 is 5.92 Å². The number of nitrogens with one attached hydrogen (secondary N) is 1. The average molecular weight is 397 g/mol. The lowest BCUT2D eigenvalue weighted by molar-refractivity contribution is 0.00505. The van der Waals surface area contributed by atoms with Crippen LogP contribution >= 0.6 is 11.3 Å². The van der Waals surface area contributed by atoms with Crippen LogP contribution in [0.15, 0.2) is 17.9 Å². The first-order valence-electron chi connectivity index (χ1n) is 9.26. The minimum absolute atomic E-state index is 0. The molecule has 2 aliphatic rings. The summed E-state index contributed by atoms with van der Waals surface area (Å²) < 4.78 is 28.7. The van der Waals surface area contributed by atoms with E-state index in [9.17, 15) is 13.6 Å². The Kier molecular flexibility index (Phi) is 4.98. The van der Waals surface area contributed by atoms with Crippen LogP contribution in [0.4, 0.5) is 8.78 Å². The highest BCUT2D eigenvalue weighted by atomic mass is 32.1. The maximum Gasteiger partial charge on any atom is 0.280 e. The number of hydrogen-bond acceptors (Lipinski definition) is 5. The number of rotatable bonds is 4. The lowest BCUT2D eigenvalue weighted by atomic mass is 9.90. The van der Waals surface area contributed by atoms with Crippen LogP contribution in [0.2, 0.25) is 0 Å². The fourth-order valence-electron chi connectivity index (χ4n) is 4.01. The summed E-state index contributed by atoms with van der Waals surface area (Å²) in [6, 6.07) is 0.295. The van der Waals surface area contributed by atoms with Crippen LogP contribution in [0, 0.1) is 0 Å². The summed E-state index contributed by atoms with van der Waals surface area (Å²) in [6.07, 6.45) is 6.71. The lowest BCUT2D eigenvalue weighted by Gasteiger charge is -2.34. The van der Waals surface area contributed by atoms with Crippen molar-refractivity contribution in [3.63, 3.8) is 0 Å². The fourth-order valence-corrected chi connectivity index (χ4v) is 4.72. The van der Waals surface area contributed by atoms with Crippen molar-refractivity contribution in [3.05, 3.63) is 22.9 Å². The quantitative estimate of drug-likeness (QED) is 0.861. The Morgan fingerprint density at radius 2 is 2.15 bits per heavy atom. The van der Waals surface area contributed by atoms with E-state index in [0.717, 1.165) is 37.1 Å². The van der Waals surface area contributed by atoms with E-state index in [-0.39, 0.29) is 32.4 Å². The molecule has 9 heteroatoms. The molecule has 148 valence electrons. The van der Waals surface area contributed by atoms with Crippen molar-refractivity contribution < 1.29 is 15.0 Å². The molecule has 2 aromatic rings. The van der Waals surface area contributed by atoms with Gasteiger partial charge in [-0.2, -0.15) is 0 Å². The molecule has 2 fully saturated rings. The summed E-state index contributed by atoms with van der Waals surface area (Å²) in [5.74, 6) is -2.70. The van der Waals surface area contributed by atoms with Gasteiger partial charge in [-0.15, -0.1) is 11.3 Å². The van der Waals surface area contributed by atoms with Crippen molar-refractivity contribution in [2.45, 2.75) is 50.1 Å². The second-order valence-corrected chi connectivity index (χ2v) is 8.34. The molecule has 3 heterocycles. The SMILES string of the molecule is Cn1cncc1-c1csc(C(=O)NC2CCC(N3CCC(F)(F)C3)CC2)n1.[HH]. The molecule has 0 radical (unpaired) electrons. The molecule has 1 amide bonds. The van der Waals surface area contributed by atoms with Gasteiger partial charge >= 0.3 is 0 Å². The van der Waals surface area contributed by atoms with Gasteiger partial charge in [0.05, 0.1) is 24.8 Å². The molecular weight excluding hydrogens is 372 g/mol. The number of carbonyl (C=O) groups is 1. The standard InChI is InChI=1S/C18H23F2N5OS.H2/c1-24-11-21-8-15(24)14-9-27-17(23-14)16(26)22-12-2-4-13(5-3-12)25-7-6-18(19,20)10-25;/h8-9,11-13H,2-7,10H2,1H3,(H,22,26);1H. The molecular formula is C18H25F2N5OS. The smallest absolute Gasteiger partial charge is 0.280 e. The topological polar surface area (TPSA) is 63.1 Å². The lowest BCUT2D eigenvalue weighted by Crippen LogP contribution is -2.43. The number of hydrogen-bond donors (Lipinski definition) is 1. The molecule has 1 N–H and O–H groups in total. The van der Waals surface area contributed by atoms with Gasteiger partial charge in [0, 0.05) is 38.9 Å². The van der Waals surface area contributed by atoms with Gasteiger partial charge in [0.1, 0.15) is 5.69 Å². The number of likely N-dealkylation sites (tertiary alicyclic amines) is 1. The summed E-state index contributed by atoms with van der Waals surface area (Å²) in [5, 5.41) is 5.35. The first-order valence-corrected chi connectivity index (χ1v) is 10.1. The van der Waals surface area contributed by atoms with Crippen LogP contribution in [0.25, 0.3) is 11.4 Å². The predicted molar refractivity (Wildman–Crippen MR) is 101 cm³/mol. The summed E-state index contributed by atoms with van der Waals surface area (Å²) in [7, 11) is 1.89. The van der Waals surface area contributed by atoms with Crippen molar-refractivity contribution >= 4 is 17.2 Å². The molecule has 0 spiro atoms. The Bertz CT molecular complexity index is 819. The van der Waals surface area contributed by atoms with E-state index in [4.69, 9.17) is 0 Å². The first kappa shape index (κ1) is 18.5. The highest BCUT2D eigenvalue weighted by molar-refractivity contribution is 7.12. The Labute approximate surface area is 162 Å². The second kappa shape index (κ2) is 7.27. The molecule has 6 nitrogen and oxygen atoms in total. The van der Waals surface area contributed by atoms with Gasteiger partial charge in [-0.05, 0) is 25.7 Å². The molecule has 0 atom stereocenters. The van der Waals surface area contributed by atoms with Crippen LogP contribution in [0.1, 0.15) is 43.3 Å². The Morgan fingerprint density at radius 3 is 2.78 bits per heavy atom. The first-order chi connectivity index (χ1) is 12.9. The molecule has 0 bridgehead atoms. The van der Waals surface area contributed by atoms with Gasteiger partial charge in [-0.3, -0.25) is 9.69 Å². The van der Waals surface area contributed by atoms with Crippen LogP contribution in [-0.2, 0) is 7.05 Å². The van der Waals surface area contributed by atoms with E-state index in [1.54, 1.807) is 12.5 Å². The molecule has 1 aliphatic carbocycles. The summed E-state index contributed by atoms with van der Waals surface area (Å²) >= 11 is 1.32. The highest BCUT2D eigenvalue weighted by Gasteiger charge is 2.41. The molecule has 1 aliphatic heterocycles. The van der Waals surface area contributed by atoms with E-state index in [1.807, 2.05) is 21.9 Å². The van der Waals surface area contributed by atoms with E-state index in [0.29, 0.717) is 11.6 Å². The zero-order chi connectivity index (χ0) is 19.0. The van der Waals surface area contributed by atoms with Crippen molar-refractivity contribution in [3.8, 4) is 11.4 Å². The van der Waals surface area contributed by atoms with Gasteiger partial charge < -0.3 is 9.88 Å². The van der Waals surface area contributed by atoms with Crippen molar-refractivity contribution in [1.82, 2.24) is 24.8 Å². The third-order valence-electron chi connectivity index (χ3n) is 5.53. The fraction of sp³-hybridized carbons (Fsp3) is 0.611. The van der Waals surface area contributed by atoms with Crippen LogP contribution in [0.5, 0.6) is 0 Å². The van der Waals surface area contributed by atoms with E-state index >= 15 is 0 Å². The van der Waals surface area contributed by atoms with E-state index in [1.165, 1.54) is 11.3 Å². The summed E-state index contributed by atoms with van der Waals surface area (Å²) in [5.41, 5.74) is 1.61. The summed E-state index contributed by atoms with van der Waals surface area (Å²) in [4.78, 5) is 22.9. The molecule has 0 aromatic carbocycles. The minimum Gasteiger partial charge on any atom is -0.347 e. The van der Waals surface area contributed by atoms with E-state index in [2.05, 4.69) is 15.3 Å². The normalized spacial score (nSPS) is 25.6. The van der Waals surface area contributed by atoms with Crippen LogP contribution in [-0.4, -0.2) is 56.4 Å². The van der Waals surface area contributed by atoms with Crippen molar-refractivity contribution in [2.75, 3.05) is 13.1 Å². The number of thiazole rings is 1. The van der Waals surface area contributed by atoms with Crippen LogP contribution < -0.4 is 5.32 Å². The molecule has 0 unspecified atom stereocenters. The average Bonchev–Trinajstić information content (AvgIpc) is 3.35. The monoisotopic (exact) mass is 397 g/mol. The highest BCUT2D eigenvalue weighted by Crippen LogP contribution is 2.33. The third kappa shape index (κ3) is 4.03. The Hall–Kier alpha value is -1.87. The maximum atomic E-state index is 13.4. The number of alkyl halides is 2. The van der Waals surface area contributed by atoms with Crippen molar-refractivity contribution in [2.24, 2.45) is 7.05 Å². The molecule has 2 aromatic heterocycles. The zero-order valence-electron chi connectivity index (χ0n) is 15.2. The number of aromatic nitrogens is 3. The number of amides is 1. The van der Waals surface area contributed by atoms with Gasteiger partial charge in [0.2, 0.25) is 0 Å².